The van der Waals surface area contributed by atoms with Gasteiger partial charge in [0, 0.05) is 18.2 Å². The fourth-order valence-electron chi connectivity index (χ4n) is 2.57. The second-order valence-electron chi connectivity index (χ2n) is 5.28. The summed E-state index contributed by atoms with van der Waals surface area (Å²) in [5.74, 6) is 1.27. The average molecular weight is 272 g/mol. The topological polar surface area (TPSA) is 54.2 Å². The Morgan fingerprint density at radius 2 is 2.15 bits per heavy atom. The van der Waals surface area contributed by atoms with Gasteiger partial charge < -0.3 is 9.73 Å². The summed E-state index contributed by atoms with van der Waals surface area (Å²) in [6.07, 6.45) is 2.46. The van der Waals surface area contributed by atoms with Crippen molar-refractivity contribution < 1.29 is 4.42 Å². The maximum atomic E-state index is 5.75. The van der Waals surface area contributed by atoms with Crippen LogP contribution in [0.25, 0.3) is 11.5 Å². The molecule has 5 heteroatoms. The molecule has 0 amide bonds. The van der Waals surface area contributed by atoms with E-state index in [-0.39, 0.29) is 0 Å². The lowest BCUT2D eigenvalue weighted by Crippen LogP contribution is -2.43. The van der Waals surface area contributed by atoms with Gasteiger partial charge in [-0.1, -0.05) is 18.2 Å². The molecule has 1 aromatic heterocycles. The van der Waals surface area contributed by atoms with Gasteiger partial charge in [-0.15, -0.1) is 10.2 Å². The van der Waals surface area contributed by atoms with Gasteiger partial charge in [-0.3, -0.25) is 4.90 Å². The first kappa shape index (κ1) is 13.3. The maximum absolute atomic E-state index is 5.75. The zero-order valence-corrected chi connectivity index (χ0v) is 11.7. The number of piperidine rings is 1. The lowest BCUT2D eigenvalue weighted by Gasteiger charge is -2.30. The predicted octanol–water partition coefficient (Wildman–Crippen LogP) is 1.92. The maximum Gasteiger partial charge on any atom is 0.247 e. The van der Waals surface area contributed by atoms with Gasteiger partial charge in [-0.05, 0) is 38.6 Å². The lowest BCUT2D eigenvalue weighted by molar-refractivity contribution is 0.181. The second kappa shape index (κ2) is 6.15. The number of likely N-dealkylation sites (N-methyl/N-ethyl adjacent to an activating group) is 1. The van der Waals surface area contributed by atoms with Crippen LogP contribution in [0.15, 0.2) is 34.7 Å². The number of rotatable bonds is 4. The van der Waals surface area contributed by atoms with E-state index >= 15 is 0 Å². The SMILES string of the molecule is CN(Cc1nnc(-c2ccccc2)o1)C1CCCNC1. The van der Waals surface area contributed by atoms with E-state index in [1.54, 1.807) is 0 Å². The average Bonchev–Trinajstić information content (AvgIpc) is 2.97. The van der Waals surface area contributed by atoms with E-state index in [0.717, 1.165) is 18.7 Å². The molecule has 0 bridgehead atoms. The highest BCUT2D eigenvalue weighted by Gasteiger charge is 2.19. The van der Waals surface area contributed by atoms with Crippen molar-refractivity contribution >= 4 is 0 Å². The predicted molar refractivity (Wildman–Crippen MR) is 77.1 cm³/mol. The van der Waals surface area contributed by atoms with Gasteiger partial charge in [-0.2, -0.15) is 0 Å². The van der Waals surface area contributed by atoms with Crippen molar-refractivity contribution in [1.82, 2.24) is 20.4 Å². The molecule has 1 fully saturated rings. The van der Waals surface area contributed by atoms with Crippen LogP contribution < -0.4 is 5.32 Å². The molecule has 1 atom stereocenters. The van der Waals surface area contributed by atoms with Gasteiger partial charge in [0.15, 0.2) is 0 Å². The summed E-state index contributed by atoms with van der Waals surface area (Å²) in [6.45, 7) is 2.87. The normalized spacial score (nSPS) is 19.4. The Morgan fingerprint density at radius 3 is 2.90 bits per heavy atom. The Balaban J connectivity index is 1.65. The van der Waals surface area contributed by atoms with E-state index in [4.69, 9.17) is 4.42 Å². The van der Waals surface area contributed by atoms with Crippen LogP contribution in [-0.2, 0) is 6.54 Å². The smallest absolute Gasteiger partial charge is 0.247 e. The number of hydrogen-bond donors (Lipinski definition) is 1. The molecular formula is C15H20N4O. The van der Waals surface area contributed by atoms with Gasteiger partial charge in [0.25, 0.3) is 0 Å². The molecule has 1 saturated heterocycles. The lowest BCUT2D eigenvalue weighted by atomic mass is 10.1. The first-order valence-electron chi connectivity index (χ1n) is 7.11. The van der Waals surface area contributed by atoms with Crippen molar-refractivity contribution in [3.8, 4) is 11.5 Å². The minimum Gasteiger partial charge on any atom is -0.419 e. The summed E-state index contributed by atoms with van der Waals surface area (Å²) in [6, 6.07) is 10.4. The van der Waals surface area contributed by atoms with Crippen LogP contribution in [0.5, 0.6) is 0 Å². The number of nitrogens with zero attached hydrogens (tertiary/aromatic N) is 3. The van der Waals surface area contributed by atoms with E-state index in [9.17, 15) is 0 Å². The summed E-state index contributed by atoms with van der Waals surface area (Å²) < 4.78 is 5.75. The Hall–Kier alpha value is -1.72. The molecule has 20 heavy (non-hydrogen) atoms. The highest BCUT2D eigenvalue weighted by atomic mass is 16.4. The van der Waals surface area contributed by atoms with Crippen molar-refractivity contribution in [3.63, 3.8) is 0 Å². The molecule has 0 spiro atoms. The zero-order valence-electron chi connectivity index (χ0n) is 11.7. The highest BCUT2D eigenvalue weighted by molar-refractivity contribution is 5.51. The van der Waals surface area contributed by atoms with E-state index in [0.29, 0.717) is 24.4 Å². The van der Waals surface area contributed by atoms with Gasteiger partial charge in [-0.25, -0.2) is 0 Å². The van der Waals surface area contributed by atoms with Crippen LogP contribution in [0.3, 0.4) is 0 Å². The molecule has 2 aromatic rings. The third-order valence-electron chi connectivity index (χ3n) is 3.77. The standard InChI is InChI=1S/C15H20N4O/c1-19(13-8-5-9-16-10-13)11-14-17-18-15(20-14)12-6-3-2-4-7-12/h2-4,6-7,13,16H,5,8-11H2,1H3. The van der Waals surface area contributed by atoms with Gasteiger partial charge in [0.2, 0.25) is 11.8 Å². The molecule has 2 heterocycles. The van der Waals surface area contributed by atoms with Crippen molar-refractivity contribution in [2.45, 2.75) is 25.4 Å². The molecular weight excluding hydrogens is 252 g/mol. The van der Waals surface area contributed by atoms with Crippen LogP contribution >= 0.6 is 0 Å². The quantitative estimate of drug-likeness (QED) is 0.921. The Bertz CT molecular complexity index is 534. The fourth-order valence-corrected chi connectivity index (χ4v) is 2.57. The molecule has 1 unspecified atom stereocenters. The molecule has 106 valence electrons. The highest BCUT2D eigenvalue weighted by Crippen LogP contribution is 2.18. The summed E-state index contributed by atoms with van der Waals surface area (Å²) in [5.41, 5.74) is 0.966. The number of aromatic nitrogens is 2. The monoisotopic (exact) mass is 272 g/mol. The van der Waals surface area contributed by atoms with E-state index in [1.807, 2.05) is 30.3 Å². The largest absolute Gasteiger partial charge is 0.419 e. The Kier molecular flexibility index (Phi) is 4.08. The van der Waals surface area contributed by atoms with E-state index in [1.165, 1.54) is 12.8 Å². The van der Waals surface area contributed by atoms with E-state index in [2.05, 4.69) is 27.5 Å². The number of nitrogens with one attached hydrogen (secondary N) is 1. The zero-order chi connectivity index (χ0) is 13.8. The third-order valence-corrected chi connectivity index (χ3v) is 3.77. The molecule has 3 rings (SSSR count). The summed E-state index contributed by atoms with van der Waals surface area (Å²) in [4.78, 5) is 2.29. The first-order chi connectivity index (χ1) is 9.83. The van der Waals surface area contributed by atoms with Crippen LogP contribution in [0.1, 0.15) is 18.7 Å². The summed E-state index contributed by atoms with van der Waals surface area (Å²) in [7, 11) is 2.12. The fraction of sp³-hybridized carbons (Fsp3) is 0.467. The van der Waals surface area contributed by atoms with Crippen LogP contribution in [-0.4, -0.2) is 41.3 Å². The molecule has 0 radical (unpaired) electrons. The minimum absolute atomic E-state index is 0.552. The molecule has 0 saturated carbocycles. The molecule has 1 aliphatic heterocycles. The van der Waals surface area contributed by atoms with Gasteiger partial charge >= 0.3 is 0 Å². The molecule has 1 aromatic carbocycles. The Labute approximate surface area is 119 Å². The number of hydrogen-bond acceptors (Lipinski definition) is 5. The Morgan fingerprint density at radius 1 is 1.30 bits per heavy atom. The molecule has 0 aliphatic carbocycles. The minimum atomic E-state index is 0.552. The number of benzene rings is 1. The first-order valence-corrected chi connectivity index (χ1v) is 7.11. The van der Waals surface area contributed by atoms with Crippen molar-refractivity contribution in [1.29, 1.82) is 0 Å². The van der Waals surface area contributed by atoms with Crippen molar-refractivity contribution in [2.24, 2.45) is 0 Å². The molecule has 1 aliphatic rings. The third kappa shape index (κ3) is 3.05. The van der Waals surface area contributed by atoms with Gasteiger partial charge in [0.05, 0.1) is 6.54 Å². The molecule has 1 N–H and O–H groups in total. The van der Waals surface area contributed by atoms with Crippen LogP contribution in [0, 0.1) is 0 Å². The van der Waals surface area contributed by atoms with Crippen molar-refractivity contribution in [3.05, 3.63) is 36.2 Å². The van der Waals surface area contributed by atoms with Gasteiger partial charge in [0.1, 0.15) is 0 Å². The van der Waals surface area contributed by atoms with Crippen molar-refractivity contribution in [2.75, 3.05) is 20.1 Å². The van der Waals surface area contributed by atoms with E-state index < -0.39 is 0 Å². The summed E-state index contributed by atoms with van der Waals surface area (Å²) >= 11 is 0. The summed E-state index contributed by atoms with van der Waals surface area (Å²) in [5, 5.41) is 11.7. The molecule has 5 nitrogen and oxygen atoms in total. The van der Waals surface area contributed by atoms with Crippen LogP contribution in [0.4, 0.5) is 0 Å². The van der Waals surface area contributed by atoms with Crippen LogP contribution in [0.2, 0.25) is 0 Å². The second-order valence-corrected chi connectivity index (χ2v) is 5.28.